The van der Waals surface area contributed by atoms with Crippen molar-refractivity contribution >= 4 is 22.7 Å². The largest absolute Gasteiger partial charge is 0.355 e. The van der Waals surface area contributed by atoms with E-state index in [2.05, 4.69) is 26.3 Å². The quantitative estimate of drug-likeness (QED) is 0.216. The predicted molar refractivity (Wildman–Crippen MR) is 163 cm³/mol. The molecule has 1 aliphatic rings. The smallest absolute Gasteiger partial charge is 0.254 e. The van der Waals surface area contributed by atoms with Crippen LogP contribution >= 0.6 is 0 Å². The van der Waals surface area contributed by atoms with E-state index in [-0.39, 0.29) is 24.4 Å². The van der Waals surface area contributed by atoms with Gasteiger partial charge >= 0.3 is 0 Å². The van der Waals surface area contributed by atoms with Gasteiger partial charge in [0, 0.05) is 41.5 Å². The van der Waals surface area contributed by atoms with Crippen molar-refractivity contribution in [3.8, 4) is 11.1 Å². The fraction of sp³-hybridized carbons (Fsp3) is 0.229. The molecule has 5 aromatic rings. The number of aryl methyl sites for hydroxylation is 1. The third kappa shape index (κ3) is 5.82. The molecule has 2 N–H and O–H groups in total. The summed E-state index contributed by atoms with van der Waals surface area (Å²) in [7, 11) is 1.42. The molecule has 2 heterocycles. The van der Waals surface area contributed by atoms with E-state index in [4.69, 9.17) is 0 Å². The number of amides is 2. The van der Waals surface area contributed by atoms with Gasteiger partial charge in [-0.25, -0.2) is 13.2 Å². The Balaban J connectivity index is 1.39. The van der Waals surface area contributed by atoms with Crippen molar-refractivity contribution in [2.45, 2.75) is 44.7 Å². The maximum atomic E-state index is 14.5. The standard InChI is InChI=1S/C35H31F3N4O2/c1-39-35(44)28-18-22(12-13-29(28)38)25-9-6-14-40-34(25)30(17-21-15-23(36)19-24(37)16-21)41-33(43)20-42-31-10-4-2-7-26(31)27-8-3-5-11-32(27)42/h2,4,6-7,9-10,12-16,18-19,30H,3,5,8,11,17,20H2,1H3,(H,39,44)(H,41,43)/t30-/m0/s1. The first kappa shape index (κ1) is 29.2. The van der Waals surface area contributed by atoms with E-state index < -0.39 is 29.4 Å². The molecule has 0 fully saturated rings. The molecule has 0 unspecified atom stereocenters. The molecular formula is C35H31F3N4O2. The van der Waals surface area contributed by atoms with E-state index in [1.165, 1.54) is 42.9 Å². The third-order valence-corrected chi connectivity index (χ3v) is 8.20. The molecule has 0 saturated carbocycles. The summed E-state index contributed by atoms with van der Waals surface area (Å²) in [6.07, 6.45) is 5.59. The molecule has 1 aliphatic carbocycles. The lowest BCUT2D eigenvalue weighted by Crippen LogP contribution is -2.34. The van der Waals surface area contributed by atoms with Gasteiger partial charge in [-0.2, -0.15) is 0 Å². The van der Waals surface area contributed by atoms with Gasteiger partial charge in [-0.3, -0.25) is 14.6 Å². The van der Waals surface area contributed by atoms with Crippen molar-refractivity contribution in [3.63, 3.8) is 0 Å². The highest BCUT2D eigenvalue weighted by atomic mass is 19.1. The van der Waals surface area contributed by atoms with Crippen molar-refractivity contribution in [1.82, 2.24) is 20.2 Å². The molecule has 6 rings (SSSR count). The third-order valence-electron chi connectivity index (χ3n) is 8.20. The number of nitrogens with one attached hydrogen (secondary N) is 2. The average Bonchev–Trinajstić information content (AvgIpc) is 3.33. The van der Waals surface area contributed by atoms with Crippen LogP contribution in [0.3, 0.4) is 0 Å². The Morgan fingerprint density at radius 1 is 0.932 bits per heavy atom. The Kier molecular flexibility index (Phi) is 8.19. The number of hydrogen-bond donors (Lipinski definition) is 2. The first-order valence-electron chi connectivity index (χ1n) is 14.6. The molecule has 0 spiro atoms. The van der Waals surface area contributed by atoms with Crippen LogP contribution in [0.1, 0.15) is 51.8 Å². The molecule has 3 aromatic carbocycles. The number of benzene rings is 3. The summed E-state index contributed by atoms with van der Waals surface area (Å²) in [5.74, 6) is -3.02. The van der Waals surface area contributed by atoms with Gasteiger partial charge in [0.05, 0.1) is 17.3 Å². The number of carbonyl (C=O) groups is 2. The number of fused-ring (bicyclic) bond motifs is 3. The van der Waals surface area contributed by atoms with E-state index in [0.29, 0.717) is 22.4 Å². The molecular weight excluding hydrogens is 565 g/mol. The van der Waals surface area contributed by atoms with Crippen molar-refractivity contribution in [3.05, 3.63) is 125 Å². The number of pyridine rings is 1. The zero-order valence-electron chi connectivity index (χ0n) is 24.2. The summed E-state index contributed by atoms with van der Waals surface area (Å²) in [6.45, 7) is 0.0589. The Hall–Kier alpha value is -4.92. The SMILES string of the molecule is CNC(=O)c1cc(-c2cccnc2[C@H](Cc2cc(F)cc(F)c2)NC(=O)Cn2c3c(c4ccccc42)CCCC3)ccc1F. The average molecular weight is 597 g/mol. The molecule has 9 heteroatoms. The Bertz CT molecular complexity index is 1860. The van der Waals surface area contributed by atoms with Crippen LogP contribution in [0.5, 0.6) is 0 Å². The van der Waals surface area contributed by atoms with E-state index in [9.17, 15) is 22.8 Å². The zero-order chi connectivity index (χ0) is 30.8. The van der Waals surface area contributed by atoms with E-state index in [1.54, 1.807) is 18.3 Å². The number of para-hydroxylation sites is 1. The van der Waals surface area contributed by atoms with Crippen molar-refractivity contribution in [2.75, 3.05) is 7.05 Å². The lowest BCUT2D eigenvalue weighted by Gasteiger charge is -2.23. The minimum atomic E-state index is -0.800. The minimum absolute atomic E-state index is 0.0401. The van der Waals surface area contributed by atoms with Crippen LogP contribution in [0.15, 0.2) is 79.0 Å². The lowest BCUT2D eigenvalue weighted by atomic mass is 9.94. The highest BCUT2D eigenvalue weighted by molar-refractivity contribution is 5.95. The molecule has 2 aromatic heterocycles. The summed E-state index contributed by atoms with van der Waals surface area (Å²) in [4.78, 5) is 30.7. The molecule has 2 amide bonds. The molecule has 0 aliphatic heterocycles. The van der Waals surface area contributed by atoms with E-state index in [0.717, 1.165) is 48.3 Å². The lowest BCUT2D eigenvalue weighted by molar-refractivity contribution is -0.122. The summed E-state index contributed by atoms with van der Waals surface area (Å²) in [5.41, 5.74) is 5.08. The van der Waals surface area contributed by atoms with Crippen molar-refractivity contribution in [1.29, 1.82) is 0 Å². The van der Waals surface area contributed by atoms with Gasteiger partial charge in [0.25, 0.3) is 5.91 Å². The van der Waals surface area contributed by atoms with Crippen molar-refractivity contribution in [2.24, 2.45) is 0 Å². The van der Waals surface area contributed by atoms with Gasteiger partial charge in [-0.05, 0) is 85.2 Å². The molecule has 0 bridgehead atoms. The van der Waals surface area contributed by atoms with Crippen LogP contribution in [-0.4, -0.2) is 28.4 Å². The second-order valence-electron chi connectivity index (χ2n) is 11.0. The minimum Gasteiger partial charge on any atom is -0.355 e. The maximum absolute atomic E-state index is 14.5. The number of carbonyl (C=O) groups excluding carboxylic acids is 2. The van der Waals surface area contributed by atoms with Crippen LogP contribution in [0.25, 0.3) is 22.0 Å². The molecule has 224 valence electrons. The second-order valence-corrected chi connectivity index (χ2v) is 11.0. The monoisotopic (exact) mass is 596 g/mol. The Labute approximate surface area is 252 Å². The summed E-state index contributed by atoms with van der Waals surface area (Å²) >= 11 is 0. The van der Waals surface area contributed by atoms with Gasteiger partial charge in [0.2, 0.25) is 5.91 Å². The maximum Gasteiger partial charge on any atom is 0.254 e. The number of halogens is 3. The van der Waals surface area contributed by atoms with Crippen LogP contribution in [0.2, 0.25) is 0 Å². The van der Waals surface area contributed by atoms with Gasteiger partial charge in [0.1, 0.15) is 24.0 Å². The van der Waals surface area contributed by atoms with Gasteiger partial charge < -0.3 is 15.2 Å². The van der Waals surface area contributed by atoms with E-state index >= 15 is 0 Å². The van der Waals surface area contributed by atoms with Crippen LogP contribution in [-0.2, 0) is 30.6 Å². The fourth-order valence-electron chi connectivity index (χ4n) is 6.27. The van der Waals surface area contributed by atoms with Crippen LogP contribution in [0.4, 0.5) is 13.2 Å². The van der Waals surface area contributed by atoms with Gasteiger partial charge in [0.15, 0.2) is 0 Å². The summed E-state index contributed by atoms with van der Waals surface area (Å²) in [6, 6.07) is 18.1. The number of hydrogen-bond acceptors (Lipinski definition) is 3. The molecule has 44 heavy (non-hydrogen) atoms. The predicted octanol–water partition coefficient (Wildman–Crippen LogP) is 6.46. The van der Waals surface area contributed by atoms with Crippen LogP contribution < -0.4 is 10.6 Å². The topological polar surface area (TPSA) is 76.0 Å². The van der Waals surface area contributed by atoms with Gasteiger partial charge in [-0.15, -0.1) is 0 Å². The summed E-state index contributed by atoms with van der Waals surface area (Å²) in [5, 5.41) is 6.67. The van der Waals surface area contributed by atoms with Crippen molar-refractivity contribution < 1.29 is 22.8 Å². The normalized spacial score (nSPS) is 13.4. The number of rotatable bonds is 8. The molecule has 0 saturated heterocycles. The fourth-order valence-corrected chi connectivity index (χ4v) is 6.27. The second kappa shape index (κ2) is 12.4. The first-order chi connectivity index (χ1) is 21.3. The molecule has 0 radical (unpaired) electrons. The van der Waals surface area contributed by atoms with Gasteiger partial charge in [-0.1, -0.05) is 30.3 Å². The van der Waals surface area contributed by atoms with E-state index in [1.807, 2.05) is 18.2 Å². The zero-order valence-corrected chi connectivity index (χ0v) is 24.2. The Morgan fingerprint density at radius 3 is 2.50 bits per heavy atom. The molecule has 1 atom stereocenters. The number of nitrogens with zero attached hydrogens (tertiary/aromatic N) is 2. The highest BCUT2D eigenvalue weighted by Crippen LogP contribution is 2.33. The Morgan fingerprint density at radius 2 is 1.70 bits per heavy atom. The first-order valence-corrected chi connectivity index (χ1v) is 14.6. The molecule has 6 nitrogen and oxygen atoms in total. The van der Waals surface area contributed by atoms with Crippen LogP contribution in [0, 0.1) is 17.5 Å². The highest BCUT2D eigenvalue weighted by Gasteiger charge is 2.25. The summed E-state index contributed by atoms with van der Waals surface area (Å²) < 4.78 is 45.0. The number of aromatic nitrogens is 2.